The van der Waals surface area contributed by atoms with Gasteiger partial charge in [0.25, 0.3) is 0 Å². The molecule has 1 atom stereocenters. The Morgan fingerprint density at radius 2 is 2.26 bits per heavy atom. The minimum atomic E-state index is -0.186. The van der Waals surface area contributed by atoms with Gasteiger partial charge in [0, 0.05) is 18.2 Å². The smallest absolute Gasteiger partial charge is 0.209 e. The van der Waals surface area contributed by atoms with E-state index >= 15 is 0 Å². The Morgan fingerprint density at radius 1 is 1.42 bits per heavy atom. The maximum Gasteiger partial charge on any atom is 0.209 e. The van der Waals surface area contributed by atoms with E-state index < -0.39 is 0 Å². The Hall–Kier alpha value is -1.86. The molecule has 3 aromatic rings. The highest BCUT2D eigenvalue weighted by atomic mass is 32.2. The van der Waals surface area contributed by atoms with Crippen molar-refractivity contribution in [3.63, 3.8) is 0 Å². The van der Waals surface area contributed by atoms with Crippen molar-refractivity contribution in [3.05, 3.63) is 36.1 Å². The second kappa shape index (κ2) is 5.02. The van der Waals surface area contributed by atoms with Crippen LogP contribution in [0, 0.1) is 0 Å². The van der Waals surface area contributed by atoms with E-state index in [1.807, 2.05) is 30.3 Å². The maximum absolute atomic E-state index is 6.13. The van der Waals surface area contributed by atoms with Gasteiger partial charge < -0.3 is 10.2 Å². The van der Waals surface area contributed by atoms with Crippen molar-refractivity contribution in [2.24, 2.45) is 12.8 Å². The third kappa shape index (κ3) is 2.47. The minimum absolute atomic E-state index is 0.186. The molecule has 0 aliphatic rings. The first-order chi connectivity index (χ1) is 9.24. The van der Waals surface area contributed by atoms with Gasteiger partial charge in [0.1, 0.15) is 11.3 Å². The molecule has 2 N–H and O–H groups in total. The molecule has 98 valence electrons. The number of para-hydroxylation sites is 1. The fourth-order valence-corrected chi connectivity index (χ4v) is 2.59. The molecular formula is C12H13N5OS. The van der Waals surface area contributed by atoms with Gasteiger partial charge in [-0.1, -0.05) is 30.0 Å². The lowest BCUT2D eigenvalue weighted by Crippen LogP contribution is -2.12. The zero-order valence-electron chi connectivity index (χ0n) is 10.4. The lowest BCUT2D eigenvalue weighted by Gasteiger charge is -2.06. The normalized spacial score (nSPS) is 12.9. The number of nitrogens with two attached hydrogens (primary N) is 1. The predicted octanol–water partition coefficient (Wildman–Crippen LogP) is 1.75. The molecule has 1 unspecified atom stereocenters. The van der Waals surface area contributed by atoms with E-state index in [1.54, 1.807) is 11.7 Å². The Balaban J connectivity index is 1.73. The SMILES string of the molecule is Cn1nnnc1SCC(N)c1cc2ccccc2o1. The molecule has 1 aromatic carbocycles. The number of fused-ring (bicyclic) bond motifs is 1. The quantitative estimate of drug-likeness (QED) is 0.730. The van der Waals surface area contributed by atoms with Gasteiger partial charge in [-0.15, -0.1) is 5.10 Å². The van der Waals surface area contributed by atoms with Crippen LogP contribution in [0.5, 0.6) is 0 Å². The van der Waals surface area contributed by atoms with Crippen LogP contribution in [0.15, 0.2) is 39.9 Å². The number of tetrazole rings is 1. The molecule has 0 aliphatic carbocycles. The molecule has 0 fully saturated rings. The molecule has 3 rings (SSSR count). The lowest BCUT2D eigenvalue weighted by atomic mass is 10.2. The Kier molecular flexibility index (Phi) is 3.22. The molecule has 0 amide bonds. The second-order valence-corrected chi connectivity index (χ2v) is 5.18. The summed E-state index contributed by atoms with van der Waals surface area (Å²) in [6, 6.07) is 9.66. The second-order valence-electron chi connectivity index (χ2n) is 4.19. The van der Waals surface area contributed by atoms with Crippen molar-refractivity contribution in [2.75, 3.05) is 5.75 Å². The number of thioether (sulfide) groups is 1. The fraction of sp³-hybridized carbons (Fsp3) is 0.250. The van der Waals surface area contributed by atoms with Crippen LogP contribution in [0.1, 0.15) is 11.8 Å². The molecule has 6 nitrogen and oxygen atoms in total. The molecule has 0 aliphatic heterocycles. The van der Waals surface area contributed by atoms with Crippen LogP contribution in [-0.2, 0) is 7.05 Å². The molecule has 2 heterocycles. The lowest BCUT2D eigenvalue weighted by molar-refractivity contribution is 0.515. The van der Waals surface area contributed by atoms with Gasteiger partial charge >= 0.3 is 0 Å². The number of hydrogen-bond acceptors (Lipinski definition) is 6. The van der Waals surface area contributed by atoms with Gasteiger partial charge in [0.15, 0.2) is 0 Å². The van der Waals surface area contributed by atoms with Crippen LogP contribution in [0.4, 0.5) is 0 Å². The highest BCUT2D eigenvalue weighted by molar-refractivity contribution is 7.99. The molecular weight excluding hydrogens is 262 g/mol. The number of nitrogens with zero attached hydrogens (tertiary/aromatic N) is 4. The van der Waals surface area contributed by atoms with E-state index in [0.29, 0.717) is 5.75 Å². The van der Waals surface area contributed by atoms with Crippen molar-refractivity contribution in [3.8, 4) is 0 Å². The van der Waals surface area contributed by atoms with Gasteiger partial charge in [-0.3, -0.25) is 0 Å². The summed E-state index contributed by atoms with van der Waals surface area (Å²) in [5, 5.41) is 13.1. The van der Waals surface area contributed by atoms with Crippen molar-refractivity contribution in [2.45, 2.75) is 11.2 Å². The predicted molar refractivity (Wildman–Crippen MR) is 72.7 cm³/mol. The maximum atomic E-state index is 6.13. The number of benzene rings is 1. The largest absolute Gasteiger partial charge is 0.459 e. The van der Waals surface area contributed by atoms with E-state index in [-0.39, 0.29) is 6.04 Å². The molecule has 0 radical (unpaired) electrons. The molecule has 0 bridgehead atoms. The molecule has 2 aromatic heterocycles. The van der Waals surface area contributed by atoms with Crippen molar-refractivity contribution >= 4 is 22.7 Å². The van der Waals surface area contributed by atoms with E-state index in [4.69, 9.17) is 10.2 Å². The van der Waals surface area contributed by atoms with E-state index in [2.05, 4.69) is 15.5 Å². The number of aryl methyl sites for hydroxylation is 1. The molecule has 0 spiro atoms. The molecule has 0 saturated heterocycles. The zero-order valence-corrected chi connectivity index (χ0v) is 11.2. The van der Waals surface area contributed by atoms with Crippen molar-refractivity contribution in [1.29, 1.82) is 0 Å². The van der Waals surface area contributed by atoms with Gasteiger partial charge in [-0.25, -0.2) is 4.68 Å². The summed E-state index contributed by atoms with van der Waals surface area (Å²) in [5.74, 6) is 1.44. The third-order valence-corrected chi connectivity index (χ3v) is 3.91. The Morgan fingerprint density at radius 3 is 3.00 bits per heavy atom. The van der Waals surface area contributed by atoms with E-state index in [0.717, 1.165) is 21.9 Å². The first-order valence-corrected chi connectivity index (χ1v) is 6.82. The van der Waals surface area contributed by atoms with E-state index in [9.17, 15) is 0 Å². The van der Waals surface area contributed by atoms with Gasteiger partial charge in [-0.05, 0) is 22.6 Å². The highest BCUT2D eigenvalue weighted by Crippen LogP contribution is 2.26. The summed E-state index contributed by atoms with van der Waals surface area (Å²) in [6.45, 7) is 0. The van der Waals surface area contributed by atoms with Crippen LogP contribution in [0.3, 0.4) is 0 Å². The standard InChI is InChI=1S/C12H13N5OS/c1-17-12(14-15-16-17)19-7-9(13)11-6-8-4-2-3-5-10(8)18-11/h2-6,9H,7,13H2,1H3. The van der Waals surface area contributed by atoms with Gasteiger partial charge in [-0.2, -0.15) is 0 Å². The van der Waals surface area contributed by atoms with Gasteiger partial charge in [0.05, 0.1) is 6.04 Å². The summed E-state index contributed by atoms with van der Waals surface area (Å²) in [7, 11) is 1.80. The summed E-state index contributed by atoms with van der Waals surface area (Å²) < 4.78 is 7.35. The van der Waals surface area contributed by atoms with Crippen LogP contribution >= 0.6 is 11.8 Å². The number of rotatable bonds is 4. The van der Waals surface area contributed by atoms with Crippen LogP contribution in [-0.4, -0.2) is 26.0 Å². The highest BCUT2D eigenvalue weighted by Gasteiger charge is 2.14. The summed E-state index contributed by atoms with van der Waals surface area (Å²) >= 11 is 1.51. The molecule has 0 saturated carbocycles. The topological polar surface area (TPSA) is 82.8 Å². The average Bonchev–Trinajstić information content (AvgIpc) is 3.01. The number of hydrogen-bond donors (Lipinski definition) is 1. The number of furan rings is 1. The minimum Gasteiger partial charge on any atom is -0.459 e. The van der Waals surface area contributed by atoms with Crippen LogP contribution < -0.4 is 5.73 Å². The Bertz CT molecular complexity index is 659. The van der Waals surface area contributed by atoms with Crippen LogP contribution in [0.25, 0.3) is 11.0 Å². The summed E-state index contributed by atoms with van der Waals surface area (Å²) in [5.41, 5.74) is 6.99. The fourth-order valence-electron chi connectivity index (χ4n) is 1.78. The molecule has 19 heavy (non-hydrogen) atoms. The Labute approximate surface area is 114 Å². The summed E-state index contributed by atoms with van der Waals surface area (Å²) in [4.78, 5) is 0. The third-order valence-electron chi connectivity index (χ3n) is 2.78. The average molecular weight is 275 g/mol. The van der Waals surface area contributed by atoms with Crippen molar-refractivity contribution < 1.29 is 4.42 Å². The van der Waals surface area contributed by atoms with Gasteiger partial charge in [0.2, 0.25) is 5.16 Å². The first kappa shape index (κ1) is 12.2. The first-order valence-electron chi connectivity index (χ1n) is 5.83. The monoisotopic (exact) mass is 275 g/mol. The van der Waals surface area contributed by atoms with Crippen LogP contribution in [0.2, 0.25) is 0 Å². The molecule has 7 heteroatoms. The zero-order chi connectivity index (χ0) is 13.2. The summed E-state index contributed by atoms with van der Waals surface area (Å²) in [6.07, 6.45) is 0. The van der Waals surface area contributed by atoms with E-state index in [1.165, 1.54) is 11.8 Å². The number of aromatic nitrogens is 4. The van der Waals surface area contributed by atoms with Crippen molar-refractivity contribution in [1.82, 2.24) is 20.2 Å².